The van der Waals surface area contributed by atoms with Crippen LogP contribution in [-0.4, -0.2) is 11.5 Å². The number of hydrogen-bond acceptors (Lipinski definition) is 2. The summed E-state index contributed by atoms with van der Waals surface area (Å²) in [5, 5.41) is 0. The molecule has 1 saturated carbocycles. The third-order valence-electron chi connectivity index (χ3n) is 3.56. The van der Waals surface area contributed by atoms with Crippen molar-refractivity contribution in [2.45, 2.75) is 26.7 Å². The summed E-state index contributed by atoms with van der Waals surface area (Å²) in [4.78, 5) is 4.48. The van der Waals surface area contributed by atoms with Gasteiger partial charge in [-0.15, -0.1) is 0 Å². The first-order valence-corrected chi connectivity index (χ1v) is 5.20. The SMILES string of the molecule is Cc1ccc(C2C(CN)C2(C)C)nc1. The maximum Gasteiger partial charge on any atom is 0.0443 e. The third-order valence-corrected chi connectivity index (χ3v) is 3.56. The second kappa shape index (κ2) is 3.06. The largest absolute Gasteiger partial charge is 0.330 e. The van der Waals surface area contributed by atoms with Gasteiger partial charge in [-0.05, 0) is 36.4 Å². The topological polar surface area (TPSA) is 38.9 Å². The van der Waals surface area contributed by atoms with Crippen LogP contribution >= 0.6 is 0 Å². The van der Waals surface area contributed by atoms with Crippen molar-refractivity contribution in [3.63, 3.8) is 0 Å². The number of nitrogens with two attached hydrogens (primary N) is 1. The molecule has 0 saturated heterocycles. The summed E-state index contributed by atoms with van der Waals surface area (Å²) < 4.78 is 0. The minimum atomic E-state index is 0.344. The smallest absolute Gasteiger partial charge is 0.0443 e. The average Bonchev–Trinajstić information content (AvgIpc) is 2.69. The van der Waals surface area contributed by atoms with Crippen molar-refractivity contribution in [3.8, 4) is 0 Å². The van der Waals surface area contributed by atoms with Gasteiger partial charge in [0.15, 0.2) is 0 Å². The molecule has 2 N–H and O–H groups in total. The standard InChI is InChI=1S/C12H18N2/c1-8-4-5-10(14-7-8)11-9(6-13)12(11,2)3/h4-5,7,9,11H,6,13H2,1-3H3. The normalized spacial score (nSPS) is 28.9. The van der Waals surface area contributed by atoms with Crippen molar-refractivity contribution in [2.75, 3.05) is 6.54 Å². The Labute approximate surface area is 85.5 Å². The molecule has 1 fully saturated rings. The summed E-state index contributed by atoms with van der Waals surface area (Å²) in [7, 11) is 0. The van der Waals surface area contributed by atoms with E-state index in [2.05, 4.69) is 37.9 Å². The predicted octanol–water partition coefficient (Wildman–Crippen LogP) is 2.09. The molecule has 0 aromatic carbocycles. The van der Waals surface area contributed by atoms with Crippen LogP contribution in [-0.2, 0) is 0 Å². The Kier molecular flexibility index (Phi) is 2.11. The van der Waals surface area contributed by atoms with E-state index in [9.17, 15) is 0 Å². The van der Waals surface area contributed by atoms with Gasteiger partial charge in [-0.3, -0.25) is 4.98 Å². The highest BCUT2D eigenvalue weighted by Crippen LogP contribution is 2.63. The van der Waals surface area contributed by atoms with Gasteiger partial charge < -0.3 is 5.73 Å². The number of aromatic nitrogens is 1. The van der Waals surface area contributed by atoms with Crippen molar-refractivity contribution in [3.05, 3.63) is 29.6 Å². The summed E-state index contributed by atoms with van der Waals surface area (Å²) in [6.07, 6.45) is 1.94. The van der Waals surface area contributed by atoms with Crippen molar-refractivity contribution in [1.82, 2.24) is 4.98 Å². The van der Waals surface area contributed by atoms with Crippen LogP contribution in [0.2, 0.25) is 0 Å². The van der Waals surface area contributed by atoms with E-state index < -0.39 is 0 Å². The quantitative estimate of drug-likeness (QED) is 0.775. The zero-order chi connectivity index (χ0) is 10.3. The van der Waals surface area contributed by atoms with Crippen LogP contribution < -0.4 is 5.73 Å². The lowest BCUT2D eigenvalue weighted by molar-refractivity contribution is 0.557. The summed E-state index contributed by atoms with van der Waals surface area (Å²) in [6, 6.07) is 4.27. The molecule has 76 valence electrons. The highest BCUT2D eigenvalue weighted by atomic mass is 14.8. The molecule has 2 heteroatoms. The molecule has 0 spiro atoms. The molecule has 0 aliphatic heterocycles. The Morgan fingerprint density at radius 2 is 2.14 bits per heavy atom. The zero-order valence-corrected chi connectivity index (χ0v) is 9.12. The number of pyridine rings is 1. The van der Waals surface area contributed by atoms with Crippen LogP contribution in [0.1, 0.15) is 31.0 Å². The lowest BCUT2D eigenvalue weighted by Gasteiger charge is -2.02. The van der Waals surface area contributed by atoms with Gasteiger partial charge in [-0.1, -0.05) is 19.9 Å². The zero-order valence-electron chi connectivity index (χ0n) is 9.12. The predicted molar refractivity (Wildman–Crippen MR) is 58.0 cm³/mol. The van der Waals surface area contributed by atoms with Gasteiger partial charge >= 0.3 is 0 Å². The second-order valence-corrected chi connectivity index (χ2v) is 4.90. The van der Waals surface area contributed by atoms with E-state index in [0.29, 0.717) is 17.3 Å². The number of aryl methyl sites for hydroxylation is 1. The van der Waals surface area contributed by atoms with E-state index >= 15 is 0 Å². The van der Waals surface area contributed by atoms with E-state index in [1.807, 2.05) is 6.20 Å². The first-order valence-electron chi connectivity index (χ1n) is 5.20. The molecule has 0 bridgehead atoms. The van der Waals surface area contributed by atoms with Gasteiger partial charge in [0, 0.05) is 17.8 Å². The van der Waals surface area contributed by atoms with Gasteiger partial charge in [0.05, 0.1) is 0 Å². The van der Waals surface area contributed by atoms with Crippen molar-refractivity contribution in [1.29, 1.82) is 0 Å². The molecule has 0 amide bonds. The van der Waals surface area contributed by atoms with E-state index in [-0.39, 0.29) is 0 Å². The molecule has 2 atom stereocenters. The lowest BCUT2D eigenvalue weighted by atomic mass is 10.1. The molecule has 2 unspecified atom stereocenters. The van der Waals surface area contributed by atoms with Crippen molar-refractivity contribution < 1.29 is 0 Å². The van der Waals surface area contributed by atoms with Crippen LogP contribution in [0.3, 0.4) is 0 Å². The van der Waals surface area contributed by atoms with E-state index in [1.54, 1.807) is 0 Å². The Hall–Kier alpha value is -0.890. The second-order valence-electron chi connectivity index (χ2n) is 4.90. The highest BCUT2D eigenvalue weighted by molar-refractivity contribution is 5.27. The number of hydrogen-bond donors (Lipinski definition) is 1. The molecule has 2 rings (SSSR count). The molecule has 14 heavy (non-hydrogen) atoms. The highest BCUT2D eigenvalue weighted by Gasteiger charge is 2.57. The van der Waals surface area contributed by atoms with Crippen molar-refractivity contribution in [2.24, 2.45) is 17.1 Å². The van der Waals surface area contributed by atoms with Crippen molar-refractivity contribution >= 4 is 0 Å². The van der Waals surface area contributed by atoms with Gasteiger partial charge in [-0.25, -0.2) is 0 Å². The fourth-order valence-corrected chi connectivity index (χ4v) is 2.43. The van der Waals surface area contributed by atoms with E-state index in [4.69, 9.17) is 5.73 Å². The van der Waals surface area contributed by atoms with Crippen LogP contribution in [0.25, 0.3) is 0 Å². The summed E-state index contributed by atoms with van der Waals surface area (Å²) >= 11 is 0. The summed E-state index contributed by atoms with van der Waals surface area (Å²) in [5.74, 6) is 1.17. The molecule has 2 nitrogen and oxygen atoms in total. The Morgan fingerprint density at radius 1 is 1.43 bits per heavy atom. The van der Waals surface area contributed by atoms with Gasteiger partial charge in [0.25, 0.3) is 0 Å². The molecule has 1 aliphatic rings. The maximum atomic E-state index is 5.74. The molecule has 1 aromatic heterocycles. The average molecular weight is 190 g/mol. The third kappa shape index (κ3) is 1.34. The van der Waals surface area contributed by atoms with Crippen LogP contribution in [0.4, 0.5) is 0 Å². The van der Waals surface area contributed by atoms with E-state index in [0.717, 1.165) is 6.54 Å². The fraction of sp³-hybridized carbons (Fsp3) is 0.583. The first kappa shape index (κ1) is 9.66. The summed E-state index contributed by atoms with van der Waals surface area (Å²) in [6.45, 7) is 7.38. The van der Waals surface area contributed by atoms with Crippen LogP contribution in [0.5, 0.6) is 0 Å². The maximum absolute atomic E-state index is 5.74. The minimum Gasteiger partial charge on any atom is -0.330 e. The molecule has 1 aliphatic carbocycles. The van der Waals surface area contributed by atoms with Gasteiger partial charge in [0.2, 0.25) is 0 Å². The summed E-state index contributed by atoms with van der Waals surface area (Å²) in [5.41, 5.74) is 8.51. The van der Waals surface area contributed by atoms with Crippen LogP contribution in [0.15, 0.2) is 18.3 Å². The molecule has 1 heterocycles. The van der Waals surface area contributed by atoms with E-state index in [1.165, 1.54) is 11.3 Å². The Morgan fingerprint density at radius 3 is 2.57 bits per heavy atom. The fourth-order valence-electron chi connectivity index (χ4n) is 2.43. The Bertz CT molecular complexity index is 327. The molecule has 0 radical (unpaired) electrons. The van der Waals surface area contributed by atoms with Crippen LogP contribution in [0, 0.1) is 18.3 Å². The molecular formula is C12H18N2. The monoisotopic (exact) mass is 190 g/mol. The number of nitrogens with zero attached hydrogens (tertiary/aromatic N) is 1. The molecular weight excluding hydrogens is 172 g/mol. The minimum absolute atomic E-state index is 0.344. The Balaban J connectivity index is 2.22. The number of rotatable bonds is 2. The first-order chi connectivity index (χ1) is 6.57. The molecule has 1 aromatic rings. The van der Waals surface area contributed by atoms with Gasteiger partial charge in [-0.2, -0.15) is 0 Å². The van der Waals surface area contributed by atoms with Gasteiger partial charge in [0.1, 0.15) is 0 Å². The lowest BCUT2D eigenvalue weighted by Crippen LogP contribution is -2.05.